The third-order valence-electron chi connectivity index (χ3n) is 5.47. The molecular weight excluding hydrogens is 344 g/mol. The van der Waals surface area contributed by atoms with Crippen LogP contribution in [0.5, 0.6) is 0 Å². The molecule has 3 N–H and O–H groups in total. The molecule has 0 radical (unpaired) electrons. The number of piperidine rings is 1. The summed E-state index contributed by atoms with van der Waals surface area (Å²) in [6, 6.07) is 19.7. The van der Waals surface area contributed by atoms with E-state index in [0.29, 0.717) is 18.0 Å². The van der Waals surface area contributed by atoms with Crippen molar-refractivity contribution in [1.82, 2.24) is 15.8 Å². The largest absolute Gasteiger partial charge is 0.381 e. The average molecular weight is 371 g/mol. The lowest BCUT2D eigenvalue weighted by Crippen LogP contribution is -2.45. The van der Waals surface area contributed by atoms with Crippen molar-refractivity contribution < 1.29 is 0 Å². The minimum atomic E-state index is 0.342. The number of likely N-dealkylation sites (tertiary alicyclic amines) is 1. The van der Waals surface area contributed by atoms with Gasteiger partial charge in [-0.15, -0.1) is 0 Å². The predicted octanol–water partition coefficient (Wildman–Crippen LogP) is 3.68. The Labute approximate surface area is 160 Å². The summed E-state index contributed by atoms with van der Waals surface area (Å²) in [5.41, 5.74) is 9.33. The second-order valence-corrected chi connectivity index (χ2v) is 7.86. The molecular formula is C21H27ClN4. The van der Waals surface area contributed by atoms with Crippen molar-refractivity contribution >= 4 is 17.3 Å². The zero-order chi connectivity index (χ0) is 17.8. The van der Waals surface area contributed by atoms with E-state index in [9.17, 15) is 0 Å². The molecule has 0 aromatic heterocycles. The number of benzene rings is 2. The first-order valence-electron chi connectivity index (χ1n) is 9.56. The standard InChI is InChI=1S/C21H27ClN4/c22-18-10-8-16(9-11-18)21-17(13-23-25-21)14-26-12-4-7-20(15-26)24-19-5-2-1-3-6-19/h1-3,5-6,8-11,17,20-21,23-25H,4,7,12-15H2. The SMILES string of the molecule is Clc1ccc(C2NNCC2CN2CCCC(Nc3ccccc3)C2)cc1. The van der Waals surface area contributed by atoms with Crippen LogP contribution in [0.4, 0.5) is 5.69 Å². The van der Waals surface area contributed by atoms with Crippen LogP contribution in [0.1, 0.15) is 24.4 Å². The fourth-order valence-corrected chi connectivity index (χ4v) is 4.30. The van der Waals surface area contributed by atoms with Crippen molar-refractivity contribution in [2.24, 2.45) is 5.92 Å². The maximum Gasteiger partial charge on any atom is 0.0515 e. The number of hydrogen-bond acceptors (Lipinski definition) is 4. The molecule has 2 heterocycles. The lowest BCUT2D eigenvalue weighted by Gasteiger charge is -2.36. The number of rotatable bonds is 5. The molecule has 5 heteroatoms. The van der Waals surface area contributed by atoms with Crippen molar-refractivity contribution in [3.05, 3.63) is 65.2 Å². The van der Waals surface area contributed by atoms with Gasteiger partial charge in [0.05, 0.1) is 6.04 Å². The van der Waals surface area contributed by atoms with Gasteiger partial charge in [-0.25, -0.2) is 5.43 Å². The van der Waals surface area contributed by atoms with Gasteiger partial charge in [-0.05, 0) is 49.2 Å². The first kappa shape index (κ1) is 17.8. The van der Waals surface area contributed by atoms with Crippen LogP contribution in [-0.4, -0.2) is 37.1 Å². The Balaban J connectivity index is 1.36. The maximum absolute atomic E-state index is 6.04. The summed E-state index contributed by atoms with van der Waals surface area (Å²) in [6.45, 7) is 4.41. The van der Waals surface area contributed by atoms with E-state index in [4.69, 9.17) is 11.6 Å². The van der Waals surface area contributed by atoms with Crippen molar-refractivity contribution in [3.8, 4) is 0 Å². The molecule has 0 amide bonds. The van der Waals surface area contributed by atoms with E-state index in [1.54, 1.807) is 0 Å². The highest BCUT2D eigenvalue weighted by Gasteiger charge is 2.31. The molecule has 26 heavy (non-hydrogen) atoms. The topological polar surface area (TPSA) is 39.3 Å². The molecule has 2 aromatic carbocycles. The first-order valence-corrected chi connectivity index (χ1v) is 9.93. The van der Waals surface area contributed by atoms with Gasteiger partial charge >= 0.3 is 0 Å². The van der Waals surface area contributed by atoms with Crippen molar-refractivity contribution in [3.63, 3.8) is 0 Å². The zero-order valence-electron chi connectivity index (χ0n) is 15.0. The van der Waals surface area contributed by atoms with E-state index >= 15 is 0 Å². The fraction of sp³-hybridized carbons (Fsp3) is 0.429. The predicted molar refractivity (Wildman–Crippen MR) is 108 cm³/mol. The quantitative estimate of drug-likeness (QED) is 0.750. The van der Waals surface area contributed by atoms with Gasteiger partial charge in [0.15, 0.2) is 0 Å². The summed E-state index contributed by atoms with van der Waals surface area (Å²) >= 11 is 6.04. The number of nitrogens with zero attached hydrogens (tertiary/aromatic N) is 1. The second-order valence-electron chi connectivity index (χ2n) is 7.42. The van der Waals surface area contributed by atoms with E-state index in [2.05, 4.69) is 63.5 Å². The molecule has 4 nitrogen and oxygen atoms in total. The van der Waals surface area contributed by atoms with E-state index in [0.717, 1.165) is 24.7 Å². The third kappa shape index (κ3) is 4.38. The molecule has 3 unspecified atom stereocenters. The monoisotopic (exact) mass is 370 g/mol. The summed E-state index contributed by atoms with van der Waals surface area (Å²) in [7, 11) is 0. The minimum Gasteiger partial charge on any atom is -0.381 e. The highest BCUT2D eigenvalue weighted by atomic mass is 35.5. The van der Waals surface area contributed by atoms with Gasteiger partial charge in [0, 0.05) is 42.3 Å². The number of para-hydroxylation sites is 1. The van der Waals surface area contributed by atoms with Crippen molar-refractivity contribution in [2.75, 3.05) is 31.5 Å². The number of hydrazine groups is 1. The van der Waals surface area contributed by atoms with Gasteiger partial charge in [0.25, 0.3) is 0 Å². The van der Waals surface area contributed by atoms with Crippen LogP contribution in [0.2, 0.25) is 5.02 Å². The van der Waals surface area contributed by atoms with Crippen molar-refractivity contribution in [1.29, 1.82) is 0 Å². The molecule has 2 aliphatic rings. The Bertz CT molecular complexity index is 691. The van der Waals surface area contributed by atoms with Crippen LogP contribution in [0.3, 0.4) is 0 Å². The van der Waals surface area contributed by atoms with Gasteiger partial charge in [0.2, 0.25) is 0 Å². The molecule has 0 bridgehead atoms. The molecule has 2 saturated heterocycles. The Morgan fingerprint density at radius 1 is 1.08 bits per heavy atom. The molecule has 2 aromatic rings. The molecule has 2 aliphatic heterocycles. The summed E-state index contributed by atoms with van der Waals surface area (Å²) in [4.78, 5) is 2.62. The molecule has 4 rings (SSSR count). The van der Waals surface area contributed by atoms with Crippen LogP contribution < -0.4 is 16.2 Å². The summed E-state index contributed by atoms with van der Waals surface area (Å²) in [5, 5.41) is 4.49. The maximum atomic E-state index is 6.04. The Morgan fingerprint density at radius 2 is 1.88 bits per heavy atom. The van der Waals surface area contributed by atoms with E-state index in [1.165, 1.54) is 30.6 Å². The van der Waals surface area contributed by atoms with Crippen LogP contribution in [0, 0.1) is 5.92 Å². The smallest absolute Gasteiger partial charge is 0.0515 e. The van der Waals surface area contributed by atoms with Crippen LogP contribution in [0.25, 0.3) is 0 Å². The minimum absolute atomic E-state index is 0.342. The Morgan fingerprint density at radius 3 is 2.69 bits per heavy atom. The molecule has 0 spiro atoms. The van der Waals surface area contributed by atoms with E-state index in [-0.39, 0.29) is 0 Å². The molecule has 0 saturated carbocycles. The van der Waals surface area contributed by atoms with E-state index in [1.807, 2.05) is 12.1 Å². The van der Waals surface area contributed by atoms with Gasteiger partial charge in [0.1, 0.15) is 0 Å². The van der Waals surface area contributed by atoms with Gasteiger partial charge in [-0.2, -0.15) is 0 Å². The van der Waals surface area contributed by atoms with Gasteiger partial charge in [-0.1, -0.05) is 41.9 Å². The number of nitrogens with one attached hydrogen (secondary N) is 3. The molecule has 138 valence electrons. The number of anilines is 1. The van der Waals surface area contributed by atoms with Crippen molar-refractivity contribution in [2.45, 2.75) is 24.9 Å². The van der Waals surface area contributed by atoms with Crippen LogP contribution in [0.15, 0.2) is 54.6 Å². The highest BCUT2D eigenvalue weighted by molar-refractivity contribution is 6.30. The average Bonchev–Trinajstić information content (AvgIpc) is 3.12. The fourth-order valence-electron chi connectivity index (χ4n) is 4.17. The van der Waals surface area contributed by atoms with Gasteiger partial charge < -0.3 is 10.2 Å². The van der Waals surface area contributed by atoms with Crippen LogP contribution >= 0.6 is 11.6 Å². The second kappa shape index (κ2) is 8.40. The zero-order valence-corrected chi connectivity index (χ0v) is 15.8. The number of hydrogen-bond donors (Lipinski definition) is 3. The molecule has 0 aliphatic carbocycles. The summed E-state index contributed by atoms with van der Waals surface area (Å²) in [5.74, 6) is 0.562. The highest BCUT2D eigenvalue weighted by Crippen LogP contribution is 2.28. The van der Waals surface area contributed by atoms with E-state index < -0.39 is 0 Å². The number of halogens is 1. The lowest BCUT2D eigenvalue weighted by molar-refractivity contribution is 0.183. The van der Waals surface area contributed by atoms with Gasteiger partial charge in [-0.3, -0.25) is 5.43 Å². The summed E-state index contributed by atoms with van der Waals surface area (Å²) < 4.78 is 0. The van der Waals surface area contributed by atoms with Crippen LogP contribution in [-0.2, 0) is 0 Å². The Kier molecular flexibility index (Phi) is 5.75. The lowest BCUT2D eigenvalue weighted by atomic mass is 9.93. The summed E-state index contributed by atoms with van der Waals surface area (Å²) in [6.07, 6.45) is 2.50. The molecule has 2 fully saturated rings. The first-order chi connectivity index (χ1) is 12.8. The molecule has 3 atom stereocenters. The normalized spacial score (nSPS) is 26.7. The Hall–Kier alpha value is -1.59. The third-order valence-corrected chi connectivity index (χ3v) is 5.72.